The largest absolute Gasteiger partial charge is 0.378 e. The fourth-order valence-corrected chi connectivity index (χ4v) is 2.98. The van der Waals surface area contributed by atoms with Crippen molar-refractivity contribution in [2.45, 2.75) is 20.4 Å². The molecule has 0 bridgehead atoms. The Hall–Kier alpha value is -2.40. The lowest BCUT2D eigenvalue weighted by molar-refractivity contribution is -0.134. The van der Waals surface area contributed by atoms with Gasteiger partial charge in [0.05, 0.1) is 55.1 Å². The van der Waals surface area contributed by atoms with Crippen molar-refractivity contribution < 1.29 is 14.3 Å². The van der Waals surface area contributed by atoms with Crippen LogP contribution in [0.5, 0.6) is 0 Å². The van der Waals surface area contributed by atoms with E-state index in [0.717, 1.165) is 23.1 Å². The maximum Gasteiger partial charge on any atom is 0.274 e. The van der Waals surface area contributed by atoms with Gasteiger partial charge in [0.1, 0.15) is 0 Å². The van der Waals surface area contributed by atoms with Gasteiger partial charge in [-0.05, 0) is 13.8 Å². The highest BCUT2D eigenvalue weighted by Gasteiger charge is 2.21. The lowest BCUT2D eigenvalue weighted by Gasteiger charge is -2.26. The highest BCUT2D eigenvalue weighted by atomic mass is 32.1. The number of rotatable bonds is 5. The molecule has 1 aliphatic heterocycles. The minimum absolute atomic E-state index is 0.0692. The molecule has 3 heterocycles. The summed E-state index contributed by atoms with van der Waals surface area (Å²) in [4.78, 5) is 26.0. The van der Waals surface area contributed by atoms with Crippen molar-refractivity contribution >= 4 is 23.5 Å². The number of nitrogens with one attached hydrogen (secondary N) is 1. The van der Waals surface area contributed by atoms with Gasteiger partial charge in [0, 0.05) is 13.1 Å². The number of nitrogens with zero attached hydrogens (tertiary/aromatic N) is 6. The topological polar surface area (TPSA) is 115 Å². The van der Waals surface area contributed by atoms with Crippen LogP contribution in [0.2, 0.25) is 0 Å². The standard InChI is InChI=1S/C14H19N7O3S/c1-9-11(18-25-17-9)8-21-10(2)13(16-19-21)14(23)15-7-12(22)20-3-5-24-6-4-20/h3-8H2,1-2H3,(H,15,23). The first-order valence-corrected chi connectivity index (χ1v) is 8.61. The Balaban J connectivity index is 1.59. The molecule has 10 nitrogen and oxygen atoms in total. The third kappa shape index (κ3) is 3.99. The summed E-state index contributed by atoms with van der Waals surface area (Å²) in [6.07, 6.45) is 0. The number of hydrogen-bond donors (Lipinski definition) is 1. The Labute approximate surface area is 148 Å². The van der Waals surface area contributed by atoms with Gasteiger partial charge < -0.3 is 15.0 Å². The van der Waals surface area contributed by atoms with Crippen LogP contribution in [-0.4, -0.2) is 73.3 Å². The van der Waals surface area contributed by atoms with Crippen molar-refractivity contribution in [3.8, 4) is 0 Å². The molecular formula is C14H19N7O3S. The van der Waals surface area contributed by atoms with Crippen LogP contribution in [0.3, 0.4) is 0 Å². The second kappa shape index (κ2) is 7.66. The van der Waals surface area contributed by atoms with E-state index < -0.39 is 5.91 Å². The normalized spacial score (nSPS) is 14.6. The molecule has 1 N–H and O–H groups in total. The van der Waals surface area contributed by atoms with Gasteiger partial charge in [0.15, 0.2) is 5.69 Å². The summed E-state index contributed by atoms with van der Waals surface area (Å²) in [6, 6.07) is 0. The van der Waals surface area contributed by atoms with E-state index in [4.69, 9.17) is 4.74 Å². The second-order valence-electron chi connectivity index (χ2n) is 5.65. The zero-order valence-corrected chi connectivity index (χ0v) is 14.9. The molecule has 25 heavy (non-hydrogen) atoms. The minimum atomic E-state index is -0.418. The summed E-state index contributed by atoms with van der Waals surface area (Å²) >= 11 is 1.14. The van der Waals surface area contributed by atoms with Crippen LogP contribution in [0.1, 0.15) is 27.6 Å². The molecule has 11 heteroatoms. The Kier molecular flexibility index (Phi) is 5.34. The minimum Gasteiger partial charge on any atom is -0.378 e. The number of carbonyl (C=O) groups is 2. The number of morpholine rings is 1. The molecule has 1 fully saturated rings. The fourth-order valence-electron chi connectivity index (χ4n) is 2.42. The van der Waals surface area contributed by atoms with E-state index in [0.29, 0.717) is 38.5 Å². The number of hydrogen-bond acceptors (Lipinski definition) is 8. The summed E-state index contributed by atoms with van der Waals surface area (Å²) in [6.45, 7) is 6.11. The van der Waals surface area contributed by atoms with Gasteiger partial charge in [-0.1, -0.05) is 5.21 Å². The third-order valence-electron chi connectivity index (χ3n) is 4.01. The quantitative estimate of drug-likeness (QED) is 0.751. The van der Waals surface area contributed by atoms with Crippen LogP contribution in [0, 0.1) is 13.8 Å². The van der Waals surface area contributed by atoms with E-state index in [1.165, 1.54) is 0 Å². The first-order valence-electron chi connectivity index (χ1n) is 7.88. The van der Waals surface area contributed by atoms with Gasteiger partial charge in [-0.3, -0.25) is 9.59 Å². The van der Waals surface area contributed by atoms with E-state index in [-0.39, 0.29) is 18.1 Å². The molecule has 2 amide bonds. The molecule has 0 radical (unpaired) electrons. The first kappa shape index (κ1) is 17.4. The summed E-state index contributed by atoms with van der Waals surface area (Å²) in [7, 11) is 0. The zero-order chi connectivity index (χ0) is 17.8. The Morgan fingerprint density at radius 3 is 2.68 bits per heavy atom. The van der Waals surface area contributed by atoms with Gasteiger partial charge in [-0.25, -0.2) is 4.68 Å². The van der Waals surface area contributed by atoms with Crippen LogP contribution in [-0.2, 0) is 16.1 Å². The van der Waals surface area contributed by atoms with E-state index in [9.17, 15) is 9.59 Å². The average Bonchev–Trinajstić information content (AvgIpc) is 3.20. The fraction of sp³-hybridized carbons (Fsp3) is 0.571. The Morgan fingerprint density at radius 2 is 2.00 bits per heavy atom. The number of carbonyl (C=O) groups excluding carboxylic acids is 2. The highest BCUT2D eigenvalue weighted by molar-refractivity contribution is 6.99. The second-order valence-corrected chi connectivity index (χ2v) is 6.18. The lowest BCUT2D eigenvalue weighted by Crippen LogP contribution is -2.45. The molecule has 0 unspecified atom stereocenters. The molecule has 0 atom stereocenters. The summed E-state index contributed by atoms with van der Waals surface area (Å²) in [5.74, 6) is -0.552. The highest BCUT2D eigenvalue weighted by Crippen LogP contribution is 2.10. The molecule has 0 saturated carbocycles. The molecule has 1 aliphatic rings. The maximum atomic E-state index is 12.3. The predicted octanol–water partition coefficient (Wildman–Crippen LogP) is -0.617. The van der Waals surface area contributed by atoms with Crippen LogP contribution in [0.15, 0.2) is 0 Å². The smallest absolute Gasteiger partial charge is 0.274 e. The molecular weight excluding hydrogens is 346 g/mol. The van der Waals surface area contributed by atoms with Crippen molar-refractivity contribution in [1.29, 1.82) is 0 Å². The van der Waals surface area contributed by atoms with Crippen LogP contribution < -0.4 is 5.32 Å². The van der Waals surface area contributed by atoms with Crippen molar-refractivity contribution in [2.24, 2.45) is 0 Å². The number of aryl methyl sites for hydroxylation is 1. The van der Waals surface area contributed by atoms with Crippen molar-refractivity contribution in [2.75, 3.05) is 32.8 Å². The summed E-state index contributed by atoms with van der Waals surface area (Å²) in [5.41, 5.74) is 2.45. The molecule has 2 aromatic heterocycles. The van der Waals surface area contributed by atoms with Crippen molar-refractivity contribution in [3.63, 3.8) is 0 Å². The molecule has 0 aromatic carbocycles. The van der Waals surface area contributed by atoms with Crippen LogP contribution in [0.25, 0.3) is 0 Å². The molecule has 134 valence electrons. The van der Waals surface area contributed by atoms with Gasteiger partial charge in [-0.15, -0.1) is 5.10 Å². The van der Waals surface area contributed by atoms with E-state index in [1.54, 1.807) is 16.5 Å². The van der Waals surface area contributed by atoms with Crippen LogP contribution >= 0.6 is 11.7 Å². The summed E-state index contributed by atoms with van der Waals surface area (Å²) in [5, 5.41) is 10.5. The zero-order valence-electron chi connectivity index (χ0n) is 14.1. The van der Waals surface area contributed by atoms with E-state index >= 15 is 0 Å². The number of amides is 2. The van der Waals surface area contributed by atoms with Gasteiger partial charge in [0.25, 0.3) is 5.91 Å². The maximum absolute atomic E-state index is 12.3. The predicted molar refractivity (Wildman–Crippen MR) is 88.2 cm³/mol. The third-order valence-corrected chi connectivity index (χ3v) is 4.67. The monoisotopic (exact) mass is 365 g/mol. The molecule has 3 rings (SSSR count). The Bertz CT molecular complexity index is 766. The molecule has 2 aromatic rings. The molecule has 1 saturated heterocycles. The van der Waals surface area contributed by atoms with Gasteiger partial charge >= 0.3 is 0 Å². The molecule has 0 spiro atoms. The number of aromatic nitrogens is 5. The Morgan fingerprint density at radius 1 is 1.24 bits per heavy atom. The van der Waals surface area contributed by atoms with E-state index in [1.807, 2.05) is 6.92 Å². The van der Waals surface area contributed by atoms with E-state index in [2.05, 4.69) is 24.4 Å². The van der Waals surface area contributed by atoms with Gasteiger partial charge in [-0.2, -0.15) is 8.75 Å². The van der Waals surface area contributed by atoms with Crippen LogP contribution in [0.4, 0.5) is 0 Å². The van der Waals surface area contributed by atoms with Crippen molar-refractivity contribution in [1.82, 2.24) is 34.0 Å². The van der Waals surface area contributed by atoms with Crippen molar-refractivity contribution in [3.05, 3.63) is 22.8 Å². The van der Waals surface area contributed by atoms with Gasteiger partial charge in [0.2, 0.25) is 5.91 Å². The first-order chi connectivity index (χ1) is 12.1. The molecule has 0 aliphatic carbocycles. The average molecular weight is 365 g/mol. The summed E-state index contributed by atoms with van der Waals surface area (Å²) < 4.78 is 15.1. The SMILES string of the molecule is Cc1nsnc1Cn1nnc(C(=O)NCC(=O)N2CCOCC2)c1C. The number of ether oxygens (including phenoxy) is 1. The lowest BCUT2D eigenvalue weighted by atomic mass is 10.3.